The molecule has 5 nitrogen and oxygen atoms in total. The summed E-state index contributed by atoms with van der Waals surface area (Å²) in [6, 6.07) is 16.9. The monoisotopic (exact) mass is 326 g/mol. The Kier molecular flexibility index (Phi) is 5.46. The average molecular weight is 326 g/mol. The van der Waals surface area contributed by atoms with Crippen molar-refractivity contribution in [2.75, 3.05) is 38.7 Å². The fourth-order valence-electron chi connectivity index (χ4n) is 2.88. The van der Waals surface area contributed by atoms with E-state index < -0.39 is 0 Å². The van der Waals surface area contributed by atoms with Crippen LogP contribution in [-0.4, -0.2) is 44.2 Å². The van der Waals surface area contributed by atoms with E-state index in [4.69, 9.17) is 9.47 Å². The smallest absolute Gasteiger partial charge is 0.246 e. The minimum absolute atomic E-state index is 0.0340. The maximum atomic E-state index is 12.9. The SMILES string of the molecule is COc1ccc(NC(=O)[C@H](c2ccccc2)N2CCOCC2)cc1. The molecular formula is C19H22N2O3. The molecule has 2 aromatic rings. The number of hydrogen-bond donors (Lipinski definition) is 1. The molecule has 2 aromatic carbocycles. The molecule has 0 aliphatic carbocycles. The molecule has 1 amide bonds. The minimum atomic E-state index is -0.322. The molecule has 0 spiro atoms. The van der Waals surface area contributed by atoms with Crippen molar-refractivity contribution in [2.24, 2.45) is 0 Å². The van der Waals surface area contributed by atoms with E-state index in [-0.39, 0.29) is 11.9 Å². The van der Waals surface area contributed by atoms with Gasteiger partial charge in [-0.15, -0.1) is 0 Å². The fourth-order valence-corrected chi connectivity index (χ4v) is 2.88. The largest absolute Gasteiger partial charge is 0.497 e. The van der Waals surface area contributed by atoms with Gasteiger partial charge in [-0.3, -0.25) is 9.69 Å². The number of nitrogens with zero attached hydrogens (tertiary/aromatic N) is 1. The molecule has 0 unspecified atom stereocenters. The zero-order valence-corrected chi connectivity index (χ0v) is 13.8. The predicted molar refractivity (Wildman–Crippen MR) is 93.2 cm³/mol. The van der Waals surface area contributed by atoms with Gasteiger partial charge in [-0.05, 0) is 29.8 Å². The van der Waals surface area contributed by atoms with E-state index in [0.717, 1.165) is 30.1 Å². The van der Waals surface area contributed by atoms with Gasteiger partial charge in [0.2, 0.25) is 5.91 Å². The molecule has 1 N–H and O–H groups in total. The Bertz CT molecular complexity index is 652. The zero-order chi connectivity index (χ0) is 16.8. The quantitative estimate of drug-likeness (QED) is 0.918. The number of morpholine rings is 1. The number of nitrogens with one attached hydrogen (secondary N) is 1. The second-order valence-corrected chi connectivity index (χ2v) is 5.68. The number of carbonyl (C=O) groups excluding carboxylic acids is 1. The van der Waals surface area contributed by atoms with Crippen LogP contribution in [0.5, 0.6) is 5.75 Å². The summed E-state index contributed by atoms with van der Waals surface area (Å²) >= 11 is 0. The van der Waals surface area contributed by atoms with Crippen LogP contribution < -0.4 is 10.1 Å². The number of rotatable bonds is 5. The van der Waals surface area contributed by atoms with Crippen LogP contribution in [0.4, 0.5) is 5.69 Å². The van der Waals surface area contributed by atoms with Crippen LogP contribution in [0.2, 0.25) is 0 Å². The maximum absolute atomic E-state index is 12.9. The summed E-state index contributed by atoms with van der Waals surface area (Å²) in [5, 5.41) is 3.01. The number of anilines is 1. The van der Waals surface area contributed by atoms with Crippen LogP contribution in [0.3, 0.4) is 0 Å². The predicted octanol–water partition coefficient (Wildman–Crippen LogP) is 2.71. The Labute approximate surface area is 142 Å². The topological polar surface area (TPSA) is 50.8 Å². The van der Waals surface area contributed by atoms with Gasteiger partial charge in [-0.25, -0.2) is 0 Å². The highest BCUT2D eigenvalue weighted by molar-refractivity contribution is 5.95. The normalized spacial score (nSPS) is 16.4. The van der Waals surface area contributed by atoms with E-state index in [1.807, 2.05) is 54.6 Å². The third-order valence-corrected chi connectivity index (χ3v) is 4.13. The Morgan fingerprint density at radius 2 is 1.75 bits per heavy atom. The first-order valence-electron chi connectivity index (χ1n) is 8.09. The van der Waals surface area contributed by atoms with Crippen molar-refractivity contribution in [2.45, 2.75) is 6.04 Å². The number of carbonyl (C=O) groups is 1. The van der Waals surface area contributed by atoms with E-state index in [2.05, 4.69) is 10.2 Å². The van der Waals surface area contributed by atoms with Gasteiger partial charge in [0.1, 0.15) is 11.8 Å². The number of benzene rings is 2. The molecule has 126 valence electrons. The lowest BCUT2D eigenvalue weighted by Crippen LogP contribution is -2.43. The molecule has 1 fully saturated rings. The third kappa shape index (κ3) is 3.93. The summed E-state index contributed by atoms with van der Waals surface area (Å²) in [5.74, 6) is 0.731. The first-order chi connectivity index (χ1) is 11.8. The second-order valence-electron chi connectivity index (χ2n) is 5.68. The van der Waals surface area contributed by atoms with E-state index >= 15 is 0 Å². The summed E-state index contributed by atoms with van der Waals surface area (Å²) in [6.07, 6.45) is 0. The van der Waals surface area contributed by atoms with Gasteiger partial charge < -0.3 is 14.8 Å². The highest BCUT2D eigenvalue weighted by Gasteiger charge is 2.28. The van der Waals surface area contributed by atoms with Crippen LogP contribution in [-0.2, 0) is 9.53 Å². The lowest BCUT2D eigenvalue weighted by molar-refractivity contribution is -0.123. The van der Waals surface area contributed by atoms with E-state index in [1.54, 1.807) is 7.11 Å². The Morgan fingerprint density at radius 3 is 2.38 bits per heavy atom. The van der Waals surface area contributed by atoms with Crippen molar-refractivity contribution in [3.63, 3.8) is 0 Å². The van der Waals surface area contributed by atoms with Crippen molar-refractivity contribution in [1.29, 1.82) is 0 Å². The number of hydrogen-bond acceptors (Lipinski definition) is 4. The van der Waals surface area contributed by atoms with Crippen LogP contribution in [0.1, 0.15) is 11.6 Å². The zero-order valence-electron chi connectivity index (χ0n) is 13.8. The summed E-state index contributed by atoms with van der Waals surface area (Å²) in [4.78, 5) is 15.1. The van der Waals surface area contributed by atoms with E-state index in [9.17, 15) is 4.79 Å². The number of ether oxygens (including phenoxy) is 2. The molecule has 3 rings (SSSR count). The summed E-state index contributed by atoms with van der Waals surface area (Å²) in [7, 11) is 1.62. The van der Waals surface area contributed by atoms with Gasteiger partial charge in [-0.1, -0.05) is 30.3 Å². The van der Waals surface area contributed by atoms with Crippen molar-refractivity contribution in [3.8, 4) is 5.75 Å². The Morgan fingerprint density at radius 1 is 1.08 bits per heavy atom. The molecule has 1 aliphatic rings. The van der Waals surface area contributed by atoms with Gasteiger partial charge in [0.15, 0.2) is 0 Å². The summed E-state index contributed by atoms with van der Waals surface area (Å²) < 4.78 is 10.6. The van der Waals surface area contributed by atoms with Crippen LogP contribution in [0, 0.1) is 0 Å². The lowest BCUT2D eigenvalue weighted by atomic mass is 10.0. The van der Waals surface area contributed by atoms with Crippen molar-refractivity contribution in [3.05, 3.63) is 60.2 Å². The van der Waals surface area contributed by atoms with Gasteiger partial charge in [0, 0.05) is 18.8 Å². The standard InChI is InChI=1S/C19H22N2O3/c1-23-17-9-7-16(8-10-17)20-19(22)18(15-5-3-2-4-6-15)21-11-13-24-14-12-21/h2-10,18H,11-14H2,1H3,(H,20,22)/t18-/m0/s1. The highest BCUT2D eigenvalue weighted by atomic mass is 16.5. The summed E-state index contributed by atoms with van der Waals surface area (Å²) in [5.41, 5.74) is 1.75. The molecule has 1 saturated heterocycles. The molecule has 0 aromatic heterocycles. The van der Waals surface area contributed by atoms with Crippen molar-refractivity contribution < 1.29 is 14.3 Å². The first-order valence-corrected chi connectivity index (χ1v) is 8.09. The van der Waals surface area contributed by atoms with Gasteiger partial charge in [-0.2, -0.15) is 0 Å². The van der Waals surface area contributed by atoms with Crippen LogP contribution in [0.25, 0.3) is 0 Å². The Balaban J connectivity index is 1.79. The van der Waals surface area contributed by atoms with E-state index in [1.165, 1.54) is 0 Å². The van der Waals surface area contributed by atoms with Crippen molar-refractivity contribution >= 4 is 11.6 Å². The molecule has 5 heteroatoms. The van der Waals surface area contributed by atoms with Gasteiger partial charge in [0.25, 0.3) is 0 Å². The first kappa shape index (κ1) is 16.5. The number of amides is 1. The van der Waals surface area contributed by atoms with Gasteiger partial charge >= 0.3 is 0 Å². The molecule has 1 heterocycles. The third-order valence-electron chi connectivity index (χ3n) is 4.13. The van der Waals surface area contributed by atoms with Crippen LogP contribution in [0.15, 0.2) is 54.6 Å². The maximum Gasteiger partial charge on any atom is 0.246 e. The second kappa shape index (κ2) is 7.95. The number of methoxy groups -OCH3 is 1. The molecule has 24 heavy (non-hydrogen) atoms. The lowest BCUT2D eigenvalue weighted by Gasteiger charge is -2.33. The molecule has 1 aliphatic heterocycles. The molecule has 1 atom stereocenters. The molecule has 0 radical (unpaired) electrons. The summed E-state index contributed by atoms with van der Waals surface area (Å²) in [6.45, 7) is 2.80. The average Bonchev–Trinajstić information content (AvgIpc) is 2.64. The highest BCUT2D eigenvalue weighted by Crippen LogP contribution is 2.24. The Hall–Kier alpha value is -2.37. The van der Waals surface area contributed by atoms with E-state index in [0.29, 0.717) is 13.2 Å². The molecule has 0 saturated carbocycles. The molecular weight excluding hydrogens is 304 g/mol. The minimum Gasteiger partial charge on any atom is -0.497 e. The fraction of sp³-hybridized carbons (Fsp3) is 0.316. The van der Waals surface area contributed by atoms with Crippen molar-refractivity contribution in [1.82, 2.24) is 4.90 Å². The van der Waals surface area contributed by atoms with Gasteiger partial charge in [0.05, 0.1) is 20.3 Å². The van der Waals surface area contributed by atoms with Crippen LogP contribution >= 0.6 is 0 Å². The molecule has 0 bridgehead atoms.